The second kappa shape index (κ2) is 5.88. The van der Waals surface area contributed by atoms with E-state index in [-0.39, 0.29) is 0 Å². The summed E-state index contributed by atoms with van der Waals surface area (Å²) < 4.78 is 0. The number of fused-ring (bicyclic) bond motifs is 1. The zero-order chi connectivity index (χ0) is 15.6. The highest BCUT2D eigenvalue weighted by Crippen LogP contribution is 2.34. The summed E-state index contributed by atoms with van der Waals surface area (Å²) in [5.41, 5.74) is 9.93. The lowest BCUT2D eigenvalue weighted by molar-refractivity contribution is 0.574. The SMILES string of the molecule is Nc1ccc(-c2cccc3ncnc(N4CCCCC4)c23)cc1. The Labute approximate surface area is 136 Å². The minimum Gasteiger partial charge on any atom is -0.399 e. The monoisotopic (exact) mass is 304 g/mol. The van der Waals surface area contributed by atoms with Gasteiger partial charge in [0.1, 0.15) is 12.1 Å². The van der Waals surface area contributed by atoms with Gasteiger partial charge in [0, 0.05) is 18.8 Å². The highest BCUT2D eigenvalue weighted by molar-refractivity contribution is 6.02. The molecule has 4 rings (SSSR count). The molecule has 0 atom stereocenters. The minimum atomic E-state index is 0.779. The molecule has 2 aromatic carbocycles. The van der Waals surface area contributed by atoms with E-state index in [1.54, 1.807) is 6.33 Å². The molecule has 0 spiro atoms. The Hall–Kier alpha value is -2.62. The molecule has 1 aliphatic heterocycles. The van der Waals surface area contributed by atoms with Crippen molar-refractivity contribution in [3.05, 3.63) is 48.8 Å². The summed E-state index contributed by atoms with van der Waals surface area (Å²) in [4.78, 5) is 11.5. The van der Waals surface area contributed by atoms with E-state index < -0.39 is 0 Å². The minimum absolute atomic E-state index is 0.779. The molecule has 0 amide bonds. The zero-order valence-corrected chi connectivity index (χ0v) is 13.1. The fraction of sp³-hybridized carbons (Fsp3) is 0.263. The maximum atomic E-state index is 5.83. The smallest absolute Gasteiger partial charge is 0.140 e. The van der Waals surface area contributed by atoms with Crippen LogP contribution in [0.4, 0.5) is 11.5 Å². The molecular formula is C19H20N4. The Morgan fingerprint density at radius 1 is 0.870 bits per heavy atom. The van der Waals surface area contributed by atoms with Gasteiger partial charge in [0.05, 0.1) is 10.9 Å². The lowest BCUT2D eigenvalue weighted by Crippen LogP contribution is -2.30. The van der Waals surface area contributed by atoms with E-state index in [2.05, 4.69) is 45.2 Å². The van der Waals surface area contributed by atoms with E-state index >= 15 is 0 Å². The maximum absolute atomic E-state index is 5.83. The standard InChI is InChI=1S/C19H20N4/c20-15-9-7-14(8-10-15)16-5-4-6-17-18(16)19(22-13-21-17)23-11-2-1-3-12-23/h4-10,13H,1-3,11-12,20H2. The van der Waals surface area contributed by atoms with Gasteiger partial charge in [0.25, 0.3) is 0 Å². The van der Waals surface area contributed by atoms with E-state index in [0.717, 1.165) is 41.1 Å². The van der Waals surface area contributed by atoms with Crippen LogP contribution in [0, 0.1) is 0 Å². The van der Waals surface area contributed by atoms with Gasteiger partial charge in [-0.05, 0) is 48.6 Å². The number of benzene rings is 2. The zero-order valence-electron chi connectivity index (χ0n) is 13.1. The van der Waals surface area contributed by atoms with Crippen LogP contribution < -0.4 is 10.6 Å². The molecule has 0 aliphatic carbocycles. The fourth-order valence-corrected chi connectivity index (χ4v) is 3.34. The average molecular weight is 304 g/mol. The van der Waals surface area contributed by atoms with E-state index in [0.29, 0.717) is 0 Å². The summed E-state index contributed by atoms with van der Waals surface area (Å²) in [6.45, 7) is 2.14. The summed E-state index contributed by atoms with van der Waals surface area (Å²) in [6, 6.07) is 14.3. The van der Waals surface area contributed by atoms with Gasteiger partial charge in [-0.2, -0.15) is 0 Å². The molecule has 2 heterocycles. The van der Waals surface area contributed by atoms with Crippen molar-refractivity contribution in [2.45, 2.75) is 19.3 Å². The average Bonchev–Trinajstić information content (AvgIpc) is 2.62. The molecule has 0 saturated carbocycles. The van der Waals surface area contributed by atoms with Gasteiger partial charge >= 0.3 is 0 Å². The van der Waals surface area contributed by atoms with E-state index in [1.165, 1.54) is 24.8 Å². The predicted octanol–water partition coefficient (Wildman–Crippen LogP) is 3.87. The summed E-state index contributed by atoms with van der Waals surface area (Å²) >= 11 is 0. The fourth-order valence-electron chi connectivity index (χ4n) is 3.34. The number of nitrogen functional groups attached to an aromatic ring is 1. The van der Waals surface area contributed by atoms with Crippen molar-refractivity contribution in [3.63, 3.8) is 0 Å². The lowest BCUT2D eigenvalue weighted by atomic mass is 9.99. The number of anilines is 2. The quantitative estimate of drug-likeness (QED) is 0.730. The maximum Gasteiger partial charge on any atom is 0.140 e. The Morgan fingerprint density at radius 3 is 2.43 bits per heavy atom. The summed E-state index contributed by atoms with van der Waals surface area (Å²) in [6.07, 6.45) is 5.45. The first-order chi connectivity index (χ1) is 11.3. The van der Waals surface area contributed by atoms with Crippen LogP contribution in [0.3, 0.4) is 0 Å². The number of nitrogens with two attached hydrogens (primary N) is 1. The molecule has 3 aromatic rings. The van der Waals surface area contributed by atoms with Gasteiger partial charge in [-0.25, -0.2) is 9.97 Å². The molecule has 0 radical (unpaired) electrons. The third kappa shape index (κ3) is 2.61. The van der Waals surface area contributed by atoms with E-state index in [9.17, 15) is 0 Å². The first-order valence-corrected chi connectivity index (χ1v) is 8.17. The molecule has 0 unspecified atom stereocenters. The molecule has 2 N–H and O–H groups in total. The van der Waals surface area contributed by atoms with Gasteiger partial charge < -0.3 is 10.6 Å². The normalized spacial score (nSPS) is 15.0. The molecule has 4 heteroatoms. The predicted molar refractivity (Wildman–Crippen MR) is 95.5 cm³/mol. The van der Waals surface area contributed by atoms with Crippen LogP contribution in [-0.4, -0.2) is 23.1 Å². The van der Waals surface area contributed by atoms with Gasteiger partial charge in [0.15, 0.2) is 0 Å². The molecule has 0 bridgehead atoms. The Morgan fingerprint density at radius 2 is 1.65 bits per heavy atom. The first-order valence-electron chi connectivity index (χ1n) is 8.17. The van der Waals surface area contributed by atoms with E-state index in [4.69, 9.17) is 5.73 Å². The summed E-state index contributed by atoms with van der Waals surface area (Å²) in [5.74, 6) is 1.06. The van der Waals surface area contributed by atoms with Gasteiger partial charge in [-0.15, -0.1) is 0 Å². The number of rotatable bonds is 2. The number of piperidine rings is 1. The van der Waals surface area contributed by atoms with Crippen molar-refractivity contribution in [2.24, 2.45) is 0 Å². The highest BCUT2D eigenvalue weighted by atomic mass is 15.2. The van der Waals surface area contributed by atoms with Gasteiger partial charge in [0.2, 0.25) is 0 Å². The van der Waals surface area contributed by atoms with Crippen molar-refractivity contribution in [1.29, 1.82) is 0 Å². The van der Waals surface area contributed by atoms with Gasteiger partial charge in [-0.3, -0.25) is 0 Å². The number of hydrogen-bond donors (Lipinski definition) is 1. The van der Waals surface area contributed by atoms with E-state index in [1.807, 2.05) is 12.1 Å². The number of aromatic nitrogens is 2. The third-order valence-electron chi connectivity index (χ3n) is 4.52. The molecule has 1 aromatic heterocycles. The molecule has 116 valence electrons. The summed E-state index contributed by atoms with van der Waals surface area (Å²) in [5, 5.41) is 1.14. The number of nitrogens with zero attached hydrogens (tertiary/aromatic N) is 3. The van der Waals surface area contributed by atoms with Crippen LogP contribution in [0.2, 0.25) is 0 Å². The van der Waals surface area contributed by atoms with Crippen LogP contribution in [0.5, 0.6) is 0 Å². The van der Waals surface area contributed by atoms with Crippen molar-refractivity contribution in [1.82, 2.24) is 9.97 Å². The summed E-state index contributed by atoms with van der Waals surface area (Å²) in [7, 11) is 0. The second-order valence-electron chi connectivity index (χ2n) is 6.07. The Balaban J connectivity index is 1.92. The van der Waals surface area contributed by atoms with Crippen molar-refractivity contribution in [2.75, 3.05) is 23.7 Å². The van der Waals surface area contributed by atoms with Crippen molar-refractivity contribution in [3.8, 4) is 11.1 Å². The highest BCUT2D eigenvalue weighted by Gasteiger charge is 2.17. The van der Waals surface area contributed by atoms with Crippen LogP contribution in [0.1, 0.15) is 19.3 Å². The molecule has 1 aliphatic rings. The van der Waals surface area contributed by atoms with Crippen LogP contribution in [0.15, 0.2) is 48.8 Å². The van der Waals surface area contributed by atoms with Crippen molar-refractivity contribution >= 4 is 22.4 Å². The molecule has 1 fully saturated rings. The third-order valence-corrected chi connectivity index (χ3v) is 4.52. The second-order valence-corrected chi connectivity index (χ2v) is 6.07. The largest absolute Gasteiger partial charge is 0.399 e. The van der Waals surface area contributed by atoms with Crippen LogP contribution in [-0.2, 0) is 0 Å². The Kier molecular flexibility index (Phi) is 3.58. The van der Waals surface area contributed by atoms with Crippen molar-refractivity contribution < 1.29 is 0 Å². The lowest BCUT2D eigenvalue weighted by Gasteiger charge is -2.29. The van der Waals surface area contributed by atoms with Crippen LogP contribution in [0.25, 0.3) is 22.0 Å². The molecular weight excluding hydrogens is 284 g/mol. The first kappa shape index (κ1) is 14.0. The molecule has 23 heavy (non-hydrogen) atoms. The topological polar surface area (TPSA) is 55.0 Å². The Bertz CT molecular complexity index is 815. The van der Waals surface area contributed by atoms with Crippen LogP contribution >= 0.6 is 0 Å². The molecule has 4 nitrogen and oxygen atoms in total. The molecule has 1 saturated heterocycles. The van der Waals surface area contributed by atoms with Gasteiger partial charge in [-0.1, -0.05) is 24.3 Å². The number of hydrogen-bond acceptors (Lipinski definition) is 4.